The highest BCUT2D eigenvalue weighted by molar-refractivity contribution is 5.76. The van der Waals surface area contributed by atoms with Crippen molar-refractivity contribution in [2.75, 3.05) is 38.2 Å². The van der Waals surface area contributed by atoms with E-state index in [9.17, 15) is 9.90 Å². The number of para-hydroxylation sites is 1. The molecule has 1 N–H and O–H groups in total. The molecule has 3 rings (SSSR count). The van der Waals surface area contributed by atoms with Crippen molar-refractivity contribution in [3.63, 3.8) is 0 Å². The van der Waals surface area contributed by atoms with Crippen LogP contribution in [0, 0.1) is 0 Å². The van der Waals surface area contributed by atoms with E-state index in [0.717, 1.165) is 26.1 Å². The maximum atomic E-state index is 11.8. The van der Waals surface area contributed by atoms with Crippen molar-refractivity contribution in [1.29, 1.82) is 0 Å². The lowest BCUT2D eigenvalue weighted by Crippen LogP contribution is -2.43. The number of aliphatic hydroxyl groups excluding tert-OH is 1. The minimum Gasteiger partial charge on any atom is -0.468 e. The normalized spacial score (nSPS) is 25.1. The molecule has 0 radical (unpaired) electrons. The number of fused-ring (bicyclic) bond motifs is 1. The number of esters is 1. The number of carbonyl (C=O) groups is 1. The first-order valence-electron chi connectivity index (χ1n) is 8.02. The van der Waals surface area contributed by atoms with Crippen LogP contribution in [0.4, 0.5) is 5.69 Å². The van der Waals surface area contributed by atoms with Gasteiger partial charge in [-0.3, -0.25) is 9.69 Å². The zero-order valence-electron chi connectivity index (χ0n) is 13.1. The van der Waals surface area contributed by atoms with Crippen LogP contribution in [-0.4, -0.2) is 61.4 Å². The first-order valence-corrected chi connectivity index (χ1v) is 8.02. The number of methoxy groups -OCH3 is 1. The number of likely N-dealkylation sites (tertiary alicyclic amines) is 1. The SMILES string of the molecule is COC(=O)[C@@H]1C[C@@H](O)CN1CCN1CCCc2ccccc21. The molecule has 0 aromatic heterocycles. The van der Waals surface area contributed by atoms with Gasteiger partial charge in [0.2, 0.25) is 0 Å². The van der Waals surface area contributed by atoms with Gasteiger partial charge in [-0.25, -0.2) is 0 Å². The number of rotatable bonds is 4. The summed E-state index contributed by atoms with van der Waals surface area (Å²) in [7, 11) is 1.41. The molecule has 0 amide bonds. The molecule has 0 aliphatic carbocycles. The van der Waals surface area contributed by atoms with Crippen LogP contribution in [0.5, 0.6) is 0 Å². The first-order chi connectivity index (χ1) is 10.7. The van der Waals surface area contributed by atoms with E-state index in [1.807, 2.05) is 4.90 Å². The molecular formula is C17H24N2O3. The zero-order valence-corrected chi connectivity index (χ0v) is 13.1. The molecule has 1 fully saturated rings. The maximum Gasteiger partial charge on any atom is 0.323 e. The summed E-state index contributed by atoms with van der Waals surface area (Å²) < 4.78 is 4.86. The lowest BCUT2D eigenvalue weighted by atomic mass is 10.0. The number of ether oxygens (including phenoxy) is 1. The number of benzene rings is 1. The molecule has 22 heavy (non-hydrogen) atoms. The summed E-state index contributed by atoms with van der Waals surface area (Å²) in [5, 5.41) is 9.85. The Labute approximate surface area is 131 Å². The van der Waals surface area contributed by atoms with E-state index < -0.39 is 6.10 Å². The van der Waals surface area contributed by atoms with Crippen molar-refractivity contribution in [3.8, 4) is 0 Å². The summed E-state index contributed by atoms with van der Waals surface area (Å²) in [6, 6.07) is 8.23. The molecule has 120 valence electrons. The number of β-amino-alcohol motifs (C(OH)–C–C–N with tert-alkyl or cyclic N) is 1. The van der Waals surface area contributed by atoms with Crippen LogP contribution in [0.3, 0.4) is 0 Å². The largest absolute Gasteiger partial charge is 0.468 e. The van der Waals surface area contributed by atoms with Gasteiger partial charge < -0.3 is 14.7 Å². The van der Waals surface area contributed by atoms with Crippen molar-refractivity contribution >= 4 is 11.7 Å². The van der Waals surface area contributed by atoms with Gasteiger partial charge in [0, 0.05) is 38.3 Å². The smallest absolute Gasteiger partial charge is 0.323 e. The molecule has 0 spiro atoms. The first kappa shape index (κ1) is 15.3. The predicted octanol–water partition coefficient (Wildman–Crippen LogP) is 1.05. The molecule has 0 bridgehead atoms. The molecule has 5 heteroatoms. The highest BCUT2D eigenvalue weighted by Gasteiger charge is 2.36. The fourth-order valence-electron chi connectivity index (χ4n) is 3.60. The number of hydrogen-bond acceptors (Lipinski definition) is 5. The molecular weight excluding hydrogens is 280 g/mol. The second-order valence-electron chi connectivity index (χ2n) is 6.14. The van der Waals surface area contributed by atoms with E-state index in [-0.39, 0.29) is 12.0 Å². The minimum absolute atomic E-state index is 0.240. The Hall–Kier alpha value is -1.59. The number of carbonyl (C=O) groups excluding carboxylic acids is 1. The zero-order chi connectivity index (χ0) is 15.5. The van der Waals surface area contributed by atoms with E-state index in [0.29, 0.717) is 13.0 Å². The van der Waals surface area contributed by atoms with Gasteiger partial charge in [0.15, 0.2) is 0 Å². The lowest BCUT2D eigenvalue weighted by molar-refractivity contribution is -0.145. The van der Waals surface area contributed by atoms with Gasteiger partial charge >= 0.3 is 5.97 Å². The van der Waals surface area contributed by atoms with E-state index in [4.69, 9.17) is 4.74 Å². The third-order valence-electron chi connectivity index (χ3n) is 4.72. The van der Waals surface area contributed by atoms with E-state index in [1.54, 1.807) is 0 Å². The van der Waals surface area contributed by atoms with Crippen LogP contribution in [0.1, 0.15) is 18.4 Å². The molecule has 0 unspecified atom stereocenters. The van der Waals surface area contributed by atoms with Crippen molar-refractivity contribution in [2.24, 2.45) is 0 Å². The molecule has 2 atom stereocenters. The fraction of sp³-hybridized carbons (Fsp3) is 0.588. The third-order valence-corrected chi connectivity index (χ3v) is 4.72. The maximum absolute atomic E-state index is 11.8. The van der Waals surface area contributed by atoms with Crippen LogP contribution in [0.25, 0.3) is 0 Å². The average Bonchev–Trinajstić information content (AvgIpc) is 2.93. The quantitative estimate of drug-likeness (QED) is 0.843. The topological polar surface area (TPSA) is 53.0 Å². The average molecular weight is 304 g/mol. The van der Waals surface area contributed by atoms with Gasteiger partial charge in [0.25, 0.3) is 0 Å². The van der Waals surface area contributed by atoms with Crippen LogP contribution >= 0.6 is 0 Å². The van der Waals surface area contributed by atoms with Gasteiger partial charge in [0.1, 0.15) is 6.04 Å². The second kappa shape index (κ2) is 6.67. The summed E-state index contributed by atoms with van der Waals surface area (Å²) in [6.45, 7) is 3.24. The third kappa shape index (κ3) is 3.10. The molecule has 1 aromatic carbocycles. The Morgan fingerprint density at radius 1 is 1.36 bits per heavy atom. The van der Waals surface area contributed by atoms with Gasteiger partial charge in [-0.2, -0.15) is 0 Å². The number of anilines is 1. The molecule has 2 heterocycles. The summed E-state index contributed by atoms with van der Waals surface area (Å²) in [5.74, 6) is -0.240. The Balaban J connectivity index is 1.64. The summed E-state index contributed by atoms with van der Waals surface area (Å²) in [6.07, 6.45) is 2.35. The highest BCUT2D eigenvalue weighted by Crippen LogP contribution is 2.27. The van der Waals surface area contributed by atoms with Gasteiger partial charge in [-0.05, 0) is 24.5 Å². The Bertz CT molecular complexity index is 534. The number of aliphatic hydroxyl groups is 1. The number of nitrogens with zero attached hydrogens (tertiary/aromatic N) is 2. The number of hydrogen-bond donors (Lipinski definition) is 1. The molecule has 1 saturated heterocycles. The lowest BCUT2D eigenvalue weighted by Gasteiger charge is -2.33. The van der Waals surface area contributed by atoms with E-state index >= 15 is 0 Å². The molecule has 5 nitrogen and oxygen atoms in total. The van der Waals surface area contributed by atoms with Gasteiger partial charge in [0.05, 0.1) is 13.2 Å². The summed E-state index contributed by atoms with van der Waals surface area (Å²) >= 11 is 0. The minimum atomic E-state index is -0.433. The van der Waals surface area contributed by atoms with Crippen LogP contribution in [-0.2, 0) is 16.0 Å². The van der Waals surface area contributed by atoms with Crippen LogP contribution in [0.2, 0.25) is 0 Å². The molecule has 2 aliphatic heterocycles. The Kier molecular flexibility index (Phi) is 4.64. The summed E-state index contributed by atoms with van der Waals surface area (Å²) in [5.41, 5.74) is 2.71. The van der Waals surface area contributed by atoms with Gasteiger partial charge in [-0.1, -0.05) is 18.2 Å². The van der Waals surface area contributed by atoms with Gasteiger partial charge in [-0.15, -0.1) is 0 Å². The monoisotopic (exact) mass is 304 g/mol. The van der Waals surface area contributed by atoms with Crippen molar-refractivity contribution in [1.82, 2.24) is 4.90 Å². The van der Waals surface area contributed by atoms with Crippen LogP contribution < -0.4 is 4.90 Å². The molecule has 1 aromatic rings. The van der Waals surface area contributed by atoms with Crippen molar-refractivity contribution in [3.05, 3.63) is 29.8 Å². The Morgan fingerprint density at radius 3 is 3.00 bits per heavy atom. The number of aryl methyl sites for hydroxylation is 1. The molecule has 2 aliphatic rings. The highest BCUT2D eigenvalue weighted by atomic mass is 16.5. The predicted molar refractivity (Wildman–Crippen MR) is 85.0 cm³/mol. The molecule has 0 saturated carbocycles. The van der Waals surface area contributed by atoms with Crippen molar-refractivity contribution in [2.45, 2.75) is 31.4 Å². The standard InChI is InChI=1S/C17H24N2O3/c1-22-17(21)16-11-14(20)12-19(16)10-9-18-8-4-6-13-5-2-3-7-15(13)18/h2-3,5,7,14,16,20H,4,6,8-12H2,1H3/t14-,16+/m1/s1. The fourth-order valence-corrected chi connectivity index (χ4v) is 3.60. The van der Waals surface area contributed by atoms with E-state index in [2.05, 4.69) is 29.2 Å². The summed E-state index contributed by atoms with van der Waals surface area (Å²) in [4.78, 5) is 16.3. The second-order valence-corrected chi connectivity index (χ2v) is 6.14. The van der Waals surface area contributed by atoms with Crippen LogP contribution in [0.15, 0.2) is 24.3 Å². The Morgan fingerprint density at radius 2 is 2.18 bits per heavy atom. The van der Waals surface area contributed by atoms with Crippen molar-refractivity contribution < 1.29 is 14.6 Å². The van der Waals surface area contributed by atoms with E-state index in [1.165, 1.54) is 24.8 Å².